The number of carbonyl (C=O) groups is 1. The standard InChI is InChI=1S/C24H28N4.C4H8O2/c1-4-11-28(15-16(2)3)24-20(14-25)13-21(23(27-24)17-5-6-17)18-7-8-22-19(12-18)9-10-26-22;1-4(6)2-3-5/h7-10,12-13,16-17,26H,4-6,11,15H2,1-3H3;5H,2-3H2,1H3. The maximum atomic E-state index is 9.90. The number of nitrogens with one attached hydrogen (secondary N) is 1. The highest BCUT2D eigenvalue weighted by molar-refractivity contribution is 5.86. The number of aromatic nitrogens is 2. The van der Waals surface area contributed by atoms with E-state index in [2.05, 4.69) is 67.1 Å². The average molecular weight is 461 g/mol. The molecule has 2 heterocycles. The lowest BCUT2D eigenvalue weighted by atomic mass is 9.98. The van der Waals surface area contributed by atoms with Crippen LogP contribution in [0.4, 0.5) is 5.82 Å². The number of benzene rings is 1. The second kappa shape index (κ2) is 11.8. The molecule has 2 aromatic heterocycles. The Bertz CT molecular complexity index is 1150. The number of hydrogen-bond donors (Lipinski definition) is 2. The van der Waals surface area contributed by atoms with Crippen molar-refractivity contribution < 1.29 is 9.90 Å². The molecule has 1 aromatic carbocycles. The van der Waals surface area contributed by atoms with Crippen molar-refractivity contribution in [2.24, 2.45) is 5.92 Å². The highest BCUT2D eigenvalue weighted by Gasteiger charge is 2.30. The molecular weight excluding hydrogens is 424 g/mol. The van der Waals surface area contributed by atoms with Crippen LogP contribution in [0.2, 0.25) is 0 Å². The number of aliphatic hydroxyl groups is 1. The first-order valence-corrected chi connectivity index (χ1v) is 12.3. The van der Waals surface area contributed by atoms with Crippen LogP contribution < -0.4 is 4.90 Å². The molecule has 3 aromatic rings. The fraction of sp³-hybridized carbons (Fsp3) is 0.464. The van der Waals surface area contributed by atoms with Gasteiger partial charge in [-0.05, 0) is 67.3 Å². The van der Waals surface area contributed by atoms with Crippen LogP contribution in [0.25, 0.3) is 22.0 Å². The van der Waals surface area contributed by atoms with Crippen LogP contribution in [0.5, 0.6) is 0 Å². The van der Waals surface area contributed by atoms with Gasteiger partial charge < -0.3 is 15.0 Å². The number of nitriles is 1. The van der Waals surface area contributed by atoms with Crippen LogP contribution in [0.1, 0.15) is 70.6 Å². The molecule has 180 valence electrons. The number of carbonyl (C=O) groups excluding carboxylic acids is 1. The summed E-state index contributed by atoms with van der Waals surface area (Å²) in [6.07, 6.45) is 5.68. The molecule has 4 rings (SSSR count). The van der Waals surface area contributed by atoms with Crippen molar-refractivity contribution >= 4 is 22.5 Å². The number of H-pyrrole nitrogens is 1. The maximum absolute atomic E-state index is 9.90. The topological polar surface area (TPSA) is 93.0 Å². The minimum Gasteiger partial charge on any atom is -0.396 e. The van der Waals surface area contributed by atoms with E-state index in [1.165, 1.54) is 25.2 Å². The predicted molar refractivity (Wildman–Crippen MR) is 138 cm³/mol. The fourth-order valence-electron chi connectivity index (χ4n) is 4.11. The van der Waals surface area contributed by atoms with Gasteiger partial charge in [-0.1, -0.05) is 26.8 Å². The monoisotopic (exact) mass is 460 g/mol. The summed E-state index contributed by atoms with van der Waals surface area (Å²) < 4.78 is 0. The Hall–Kier alpha value is -3.17. The Balaban J connectivity index is 0.000000481. The zero-order valence-corrected chi connectivity index (χ0v) is 20.8. The van der Waals surface area contributed by atoms with Gasteiger partial charge in [0, 0.05) is 49.3 Å². The van der Waals surface area contributed by atoms with Crippen LogP contribution >= 0.6 is 0 Å². The Kier molecular flexibility index (Phi) is 8.84. The van der Waals surface area contributed by atoms with Gasteiger partial charge >= 0.3 is 0 Å². The van der Waals surface area contributed by atoms with E-state index in [9.17, 15) is 10.1 Å². The average Bonchev–Trinajstić information content (AvgIpc) is 3.54. The normalized spacial score (nSPS) is 12.9. The number of fused-ring (bicyclic) bond motifs is 1. The number of ketones is 1. The van der Waals surface area contributed by atoms with Crippen LogP contribution in [-0.2, 0) is 4.79 Å². The number of rotatable bonds is 9. The van der Waals surface area contributed by atoms with E-state index in [4.69, 9.17) is 10.1 Å². The first-order chi connectivity index (χ1) is 16.4. The number of nitrogens with zero attached hydrogens (tertiary/aromatic N) is 3. The van der Waals surface area contributed by atoms with E-state index in [0.29, 0.717) is 23.8 Å². The summed E-state index contributed by atoms with van der Waals surface area (Å²) in [5, 5.41) is 19.1. The Morgan fingerprint density at radius 3 is 2.62 bits per heavy atom. The lowest BCUT2D eigenvalue weighted by Crippen LogP contribution is -2.30. The Morgan fingerprint density at radius 2 is 2.06 bits per heavy atom. The third-order valence-electron chi connectivity index (χ3n) is 5.82. The molecule has 6 heteroatoms. The van der Waals surface area contributed by atoms with E-state index >= 15 is 0 Å². The van der Waals surface area contributed by atoms with Gasteiger partial charge in [-0.3, -0.25) is 4.79 Å². The molecule has 1 aliphatic carbocycles. The summed E-state index contributed by atoms with van der Waals surface area (Å²) in [6.45, 7) is 9.91. The van der Waals surface area contributed by atoms with Gasteiger partial charge in [0.25, 0.3) is 0 Å². The van der Waals surface area contributed by atoms with Crippen molar-refractivity contribution in [2.75, 3.05) is 24.6 Å². The van der Waals surface area contributed by atoms with E-state index in [0.717, 1.165) is 47.7 Å². The molecule has 1 saturated carbocycles. The number of pyridine rings is 1. The summed E-state index contributed by atoms with van der Waals surface area (Å²) in [7, 11) is 0. The second-order valence-corrected chi connectivity index (χ2v) is 9.47. The molecular formula is C28H36N4O2. The molecule has 1 fully saturated rings. The Labute approximate surface area is 202 Å². The first-order valence-electron chi connectivity index (χ1n) is 12.3. The van der Waals surface area contributed by atoms with Crippen molar-refractivity contribution in [1.29, 1.82) is 5.26 Å². The molecule has 0 aliphatic heterocycles. The van der Waals surface area contributed by atoms with Crippen molar-refractivity contribution in [2.45, 2.75) is 59.3 Å². The third kappa shape index (κ3) is 6.45. The zero-order valence-electron chi connectivity index (χ0n) is 20.8. The van der Waals surface area contributed by atoms with Crippen molar-refractivity contribution in [1.82, 2.24) is 9.97 Å². The molecule has 6 nitrogen and oxygen atoms in total. The summed E-state index contributed by atoms with van der Waals surface area (Å²) in [6, 6.07) is 13.0. The van der Waals surface area contributed by atoms with Gasteiger partial charge in [0.15, 0.2) is 0 Å². The van der Waals surface area contributed by atoms with Gasteiger partial charge in [-0.25, -0.2) is 4.98 Å². The summed E-state index contributed by atoms with van der Waals surface area (Å²) in [5.41, 5.74) is 5.24. The number of aromatic amines is 1. The Morgan fingerprint density at radius 1 is 1.29 bits per heavy atom. The molecule has 34 heavy (non-hydrogen) atoms. The van der Waals surface area contributed by atoms with E-state index in [1.807, 2.05) is 6.20 Å². The van der Waals surface area contributed by atoms with Crippen LogP contribution in [0.15, 0.2) is 36.5 Å². The minimum absolute atomic E-state index is 0.0185. The molecule has 0 saturated heterocycles. The molecule has 0 amide bonds. The lowest BCUT2D eigenvalue weighted by molar-refractivity contribution is -0.117. The second-order valence-electron chi connectivity index (χ2n) is 9.47. The van der Waals surface area contributed by atoms with Crippen molar-refractivity contribution in [3.05, 3.63) is 47.8 Å². The lowest BCUT2D eigenvalue weighted by Gasteiger charge is -2.27. The SMILES string of the molecule is CC(=O)CCO.CCCN(CC(C)C)c1nc(C2CC2)c(-c2ccc3[nH]ccc3c2)cc1C#N. The molecule has 0 bridgehead atoms. The first kappa shape index (κ1) is 25.5. The summed E-state index contributed by atoms with van der Waals surface area (Å²) in [5.74, 6) is 1.95. The summed E-state index contributed by atoms with van der Waals surface area (Å²) in [4.78, 5) is 20.6. The largest absolute Gasteiger partial charge is 0.396 e. The van der Waals surface area contributed by atoms with Gasteiger partial charge in [0.1, 0.15) is 17.7 Å². The highest BCUT2D eigenvalue weighted by atomic mass is 16.3. The third-order valence-corrected chi connectivity index (χ3v) is 5.82. The van der Waals surface area contributed by atoms with Crippen LogP contribution in [-0.4, -0.2) is 40.6 Å². The molecule has 0 atom stereocenters. The van der Waals surface area contributed by atoms with Crippen LogP contribution in [0, 0.1) is 17.2 Å². The maximum Gasteiger partial charge on any atom is 0.146 e. The molecule has 0 radical (unpaired) electrons. The molecule has 2 N–H and O–H groups in total. The van der Waals surface area contributed by atoms with Gasteiger partial charge in [0.2, 0.25) is 0 Å². The van der Waals surface area contributed by atoms with E-state index in [1.54, 1.807) is 0 Å². The number of Topliss-reactive ketones (excluding diaryl/α,β-unsaturated/α-hetero) is 1. The predicted octanol–water partition coefficient (Wildman–Crippen LogP) is 5.81. The minimum atomic E-state index is -0.0185. The van der Waals surface area contributed by atoms with Crippen LogP contribution in [0.3, 0.4) is 0 Å². The number of hydrogen-bond acceptors (Lipinski definition) is 5. The smallest absolute Gasteiger partial charge is 0.146 e. The van der Waals surface area contributed by atoms with E-state index in [-0.39, 0.29) is 12.4 Å². The van der Waals surface area contributed by atoms with Crippen molar-refractivity contribution in [3.8, 4) is 17.2 Å². The summed E-state index contributed by atoms with van der Waals surface area (Å²) >= 11 is 0. The number of aliphatic hydroxyl groups excluding tert-OH is 1. The molecule has 1 aliphatic rings. The molecule has 0 spiro atoms. The van der Waals surface area contributed by atoms with Crippen molar-refractivity contribution in [3.63, 3.8) is 0 Å². The highest BCUT2D eigenvalue weighted by Crippen LogP contribution is 2.45. The van der Waals surface area contributed by atoms with Gasteiger partial charge in [-0.15, -0.1) is 0 Å². The zero-order chi connectivity index (χ0) is 24.7. The van der Waals surface area contributed by atoms with Gasteiger partial charge in [-0.2, -0.15) is 5.26 Å². The van der Waals surface area contributed by atoms with Gasteiger partial charge in [0.05, 0.1) is 11.3 Å². The quantitative estimate of drug-likeness (QED) is 0.420. The number of anilines is 1. The molecule has 0 unspecified atom stereocenters. The fourth-order valence-corrected chi connectivity index (χ4v) is 4.11. The van der Waals surface area contributed by atoms with E-state index < -0.39 is 0 Å².